The van der Waals surface area contributed by atoms with Crippen LogP contribution in [0.3, 0.4) is 0 Å². The maximum Gasteiger partial charge on any atom is 0.324 e. The quantitative estimate of drug-likeness (QED) is 0.140. The first-order valence-corrected chi connectivity index (χ1v) is 25.1. The van der Waals surface area contributed by atoms with Crippen LogP contribution in [0.2, 0.25) is 0 Å². The van der Waals surface area contributed by atoms with Crippen LogP contribution in [0.15, 0.2) is 48.2 Å². The van der Waals surface area contributed by atoms with E-state index < -0.39 is 46.7 Å². The third-order valence-electron chi connectivity index (χ3n) is 14.0. The molecule has 1 aromatic carbocycles. The first-order chi connectivity index (χ1) is 33.1. The lowest BCUT2D eigenvalue weighted by molar-refractivity contribution is -0.318. The third-order valence-corrected chi connectivity index (χ3v) is 14.0. The Morgan fingerprint density at radius 3 is 2.46 bits per heavy atom. The van der Waals surface area contributed by atoms with E-state index in [0.717, 1.165) is 40.3 Å². The summed E-state index contributed by atoms with van der Waals surface area (Å²) in [6.07, 6.45) is 10.9. The summed E-state index contributed by atoms with van der Waals surface area (Å²) < 4.78 is 14.4. The number of carbonyl (C=O) groups is 5. The van der Waals surface area contributed by atoms with Crippen molar-refractivity contribution in [1.29, 1.82) is 0 Å². The molecular formula is C55H81N8O7+. The standard InChI is InChI=1S/C55H80N8O7/c1-14-20-40(48(56)37(6)69-13)50-42-33-54(7,8)35-70-53(68)43-23-18-29-63(58-43)52(67)44(32-38-21-17-22-39(31-38)55(9)27-25-45(41(42)34-55)62(50)16-3)57-51(66)49(36(4)5)60(12)46(64)26-30-61(15-2)47(65)24-19-28-59(10)11/h14,17,20-22,25,27,31,36-37,43-44,49,58H,15-16,18,23,26,28-30,32-35,56H2,1-13H3,(H,57,66)/p+1/b20-14-,48-40+/t37-,43-,44-,49-,55?/m0/s1. The summed E-state index contributed by atoms with van der Waals surface area (Å²) in [4.78, 5) is 74.8. The van der Waals surface area contributed by atoms with E-state index in [-0.39, 0.29) is 49.8 Å². The molecular weight excluding hydrogens is 885 g/mol. The van der Waals surface area contributed by atoms with Crippen molar-refractivity contribution in [3.63, 3.8) is 0 Å². The predicted octanol–water partition coefficient (Wildman–Crippen LogP) is 4.53. The maximum absolute atomic E-state index is 14.8. The Morgan fingerprint density at radius 1 is 1.09 bits per heavy atom. The lowest BCUT2D eigenvalue weighted by Crippen LogP contribution is -2.62. The average molecular weight is 966 g/mol. The van der Waals surface area contributed by atoms with Gasteiger partial charge in [-0.1, -0.05) is 83.0 Å². The molecule has 2 aliphatic heterocycles. The number of fused-ring (bicyclic) bond motifs is 6. The molecule has 0 saturated carbocycles. The summed E-state index contributed by atoms with van der Waals surface area (Å²) in [5.41, 5.74) is 15.2. The molecule has 2 aromatic rings. The number of benzene rings is 1. The molecule has 1 aromatic heterocycles. The van der Waals surface area contributed by atoms with Crippen LogP contribution in [-0.2, 0) is 64.7 Å². The number of likely N-dealkylation sites (N-methyl/N-ethyl adjacent to an activating group) is 1. The number of esters is 1. The van der Waals surface area contributed by atoms with Crippen LogP contribution < -0.4 is 16.5 Å². The lowest BCUT2D eigenvalue weighted by atomic mass is 9.72. The van der Waals surface area contributed by atoms with E-state index >= 15 is 0 Å². The zero-order chi connectivity index (χ0) is 51.7. The van der Waals surface area contributed by atoms with Crippen LogP contribution in [0.1, 0.15) is 115 Å². The zero-order valence-corrected chi connectivity index (χ0v) is 44.3. The van der Waals surface area contributed by atoms with Gasteiger partial charge in [-0.15, -0.1) is 0 Å². The summed E-state index contributed by atoms with van der Waals surface area (Å²) in [6.45, 7) is 20.4. The van der Waals surface area contributed by atoms with Crippen molar-refractivity contribution in [1.82, 2.24) is 35.0 Å². The minimum Gasteiger partial charge on any atom is -0.464 e. The molecule has 15 nitrogen and oxygen atoms in total. The van der Waals surface area contributed by atoms with Crippen molar-refractivity contribution in [3.05, 3.63) is 81.8 Å². The number of hydrogen-bond acceptors (Lipinski definition) is 9. The number of hydrazine groups is 1. The van der Waals surface area contributed by atoms with Gasteiger partial charge in [-0.2, -0.15) is 0 Å². The van der Waals surface area contributed by atoms with Gasteiger partial charge in [-0.05, 0) is 108 Å². The Kier molecular flexibility index (Phi) is 19.0. The minimum absolute atomic E-state index is 0.0122. The van der Waals surface area contributed by atoms with Crippen molar-refractivity contribution in [2.24, 2.45) is 11.3 Å². The Labute approximate surface area is 417 Å². The molecule has 5 N–H and O–H groups in total. The predicted molar refractivity (Wildman–Crippen MR) is 274 cm³/mol. The van der Waals surface area contributed by atoms with Gasteiger partial charge >= 0.3 is 5.97 Å². The highest BCUT2D eigenvalue weighted by Crippen LogP contribution is 2.44. The van der Waals surface area contributed by atoms with Gasteiger partial charge in [-0.25, -0.2) is 5.43 Å². The molecule has 3 heterocycles. The van der Waals surface area contributed by atoms with Crippen LogP contribution in [0, 0.1) is 23.2 Å². The van der Waals surface area contributed by atoms with Gasteiger partial charge in [0.1, 0.15) is 29.9 Å². The van der Waals surface area contributed by atoms with E-state index in [1.54, 1.807) is 14.2 Å². The Morgan fingerprint density at radius 2 is 1.81 bits per heavy atom. The first kappa shape index (κ1) is 55.4. The van der Waals surface area contributed by atoms with Crippen molar-refractivity contribution in [2.75, 3.05) is 61.0 Å². The highest BCUT2D eigenvalue weighted by molar-refractivity contribution is 5.94. The summed E-state index contributed by atoms with van der Waals surface area (Å²) in [5.74, 6) is 3.18. The van der Waals surface area contributed by atoms with Gasteiger partial charge in [0.2, 0.25) is 11.8 Å². The van der Waals surface area contributed by atoms with E-state index in [4.69, 9.17) is 9.47 Å². The fraction of sp³-hybridized carbons (Fsp3) is 0.582. The van der Waals surface area contributed by atoms with Crippen LogP contribution in [0.25, 0.3) is 11.6 Å². The van der Waals surface area contributed by atoms with Gasteiger partial charge in [0, 0.05) is 69.7 Å². The number of ether oxygens (including phenoxy) is 2. The molecule has 5 atom stereocenters. The number of nitrogens with one attached hydrogen (secondary N) is 2. The highest BCUT2D eigenvalue weighted by Gasteiger charge is 2.40. The summed E-state index contributed by atoms with van der Waals surface area (Å²) in [6, 6.07) is 5.48. The number of quaternary nitrogens is 1. The summed E-state index contributed by atoms with van der Waals surface area (Å²) in [5, 5.41) is 4.52. The van der Waals surface area contributed by atoms with E-state index in [1.807, 2.05) is 71.8 Å². The molecule has 1 fully saturated rings. The van der Waals surface area contributed by atoms with Crippen LogP contribution >= 0.6 is 0 Å². The molecule has 6 bridgehead atoms. The Hall–Kier alpha value is -5.53. The van der Waals surface area contributed by atoms with Gasteiger partial charge in [0.25, 0.3) is 11.8 Å². The molecule has 15 heteroatoms. The number of rotatable bonds is 14. The number of carbonyl (C=O) groups excluding carboxylic acids is 5. The zero-order valence-electron chi connectivity index (χ0n) is 44.3. The van der Waals surface area contributed by atoms with Crippen molar-refractivity contribution in [2.45, 2.75) is 137 Å². The molecule has 382 valence electrons. The van der Waals surface area contributed by atoms with Crippen molar-refractivity contribution in [3.8, 4) is 11.8 Å². The van der Waals surface area contributed by atoms with Gasteiger partial charge in [0.15, 0.2) is 0 Å². The second-order valence-electron chi connectivity index (χ2n) is 20.8. The van der Waals surface area contributed by atoms with Crippen molar-refractivity contribution >= 4 is 41.2 Å². The third kappa shape index (κ3) is 13.1. The topological polar surface area (TPSA) is 173 Å². The molecule has 3 aliphatic rings. The average Bonchev–Trinajstić information content (AvgIpc) is 3.61. The molecule has 1 saturated heterocycles. The van der Waals surface area contributed by atoms with E-state index in [0.29, 0.717) is 45.3 Å². The molecule has 1 aliphatic carbocycles. The highest BCUT2D eigenvalue weighted by atomic mass is 16.5. The number of allylic oxidation sites excluding steroid dienone is 4. The summed E-state index contributed by atoms with van der Waals surface area (Å²) >= 11 is 0. The van der Waals surface area contributed by atoms with E-state index in [9.17, 15) is 24.0 Å². The van der Waals surface area contributed by atoms with Crippen LogP contribution in [0.4, 0.5) is 0 Å². The normalized spacial score (nSPS) is 21.5. The largest absolute Gasteiger partial charge is 0.464 e. The molecule has 5 rings (SSSR count). The fourth-order valence-corrected chi connectivity index (χ4v) is 9.90. The van der Waals surface area contributed by atoms with E-state index in [2.05, 4.69) is 90.9 Å². The maximum atomic E-state index is 14.8. The smallest absolute Gasteiger partial charge is 0.324 e. The number of amides is 4. The van der Waals surface area contributed by atoms with Gasteiger partial charge in [-0.3, -0.25) is 33.9 Å². The number of hydrogen-bond donors (Lipinski definition) is 3. The van der Waals surface area contributed by atoms with Crippen LogP contribution in [-0.4, -0.2) is 139 Å². The molecule has 0 radical (unpaired) electrons. The second kappa shape index (κ2) is 24.1. The second-order valence-corrected chi connectivity index (χ2v) is 20.8. The van der Waals surface area contributed by atoms with E-state index in [1.165, 1.54) is 25.9 Å². The number of methoxy groups -OCH3 is 1. The lowest BCUT2D eigenvalue weighted by Gasteiger charge is -2.37. The first-order valence-electron chi connectivity index (χ1n) is 25.1. The minimum atomic E-state index is -1.06. The molecule has 1 unspecified atom stereocenters. The molecule has 4 amide bonds. The molecule has 0 spiro atoms. The van der Waals surface area contributed by atoms with Gasteiger partial charge in [0.05, 0.1) is 24.4 Å². The number of nitrogens with zero attached hydrogens (tertiary/aromatic N) is 5. The van der Waals surface area contributed by atoms with Crippen LogP contribution in [0.5, 0.6) is 0 Å². The summed E-state index contributed by atoms with van der Waals surface area (Å²) in [7, 11) is 7.02. The molecule has 70 heavy (non-hydrogen) atoms. The SMILES string of the molecule is C/C=C\C(=C(/[NH3+])[C@H](C)OC)c1c2c3c(n1CC)C=CC(C)(C3)c1cccc(c1)C[C@H](NC(=O)[C@H](C(C)C)N(C)C(=O)CCN(CC)C(=O)C#CCN(C)C)C(=O)N1CCC[C@H](N1)C(=O)OCC(C)(C)C2. The fourth-order valence-electron chi connectivity index (χ4n) is 9.90. The van der Waals surface area contributed by atoms with Gasteiger partial charge < -0.3 is 34.9 Å². The number of cyclic esters (lactones) is 1. The van der Waals surface area contributed by atoms with Crippen molar-refractivity contribution < 1.29 is 39.2 Å². The Balaban J connectivity index is 1.55. The monoisotopic (exact) mass is 966 g/mol. The number of aromatic nitrogens is 1. The Bertz CT molecular complexity index is 2400.